The summed E-state index contributed by atoms with van der Waals surface area (Å²) >= 11 is 0. The molecular formula is C16H26N6O3. The quantitative estimate of drug-likeness (QED) is 0.594. The third kappa shape index (κ3) is 4.47. The summed E-state index contributed by atoms with van der Waals surface area (Å²) in [6.07, 6.45) is 2.24. The van der Waals surface area contributed by atoms with E-state index in [1.165, 1.54) is 0 Å². The lowest BCUT2D eigenvalue weighted by molar-refractivity contribution is -0.142. The molecule has 2 fully saturated rings. The van der Waals surface area contributed by atoms with Crippen molar-refractivity contribution >= 4 is 11.9 Å². The second kappa shape index (κ2) is 8.28. The van der Waals surface area contributed by atoms with E-state index in [4.69, 9.17) is 9.26 Å². The zero-order valence-electron chi connectivity index (χ0n) is 14.9. The predicted octanol–water partition coefficient (Wildman–Crippen LogP) is -0.181. The molecule has 9 nitrogen and oxygen atoms in total. The van der Waals surface area contributed by atoms with E-state index in [0.717, 1.165) is 31.9 Å². The molecule has 1 atom stereocenters. The van der Waals surface area contributed by atoms with Crippen molar-refractivity contribution in [3.63, 3.8) is 0 Å². The van der Waals surface area contributed by atoms with E-state index in [1.54, 1.807) is 14.0 Å². The summed E-state index contributed by atoms with van der Waals surface area (Å²) < 4.78 is 10.6. The van der Waals surface area contributed by atoms with E-state index in [9.17, 15) is 4.79 Å². The minimum absolute atomic E-state index is 0.131. The normalized spacial score (nSPS) is 21.7. The fourth-order valence-corrected chi connectivity index (χ4v) is 3.17. The average Bonchev–Trinajstić information content (AvgIpc) is 3.30. The van der Waals surface area contributed by atoms with Crippen molar-refractivity contribution in [1.29, 1.82) is 0 Å². The van der Waals surface area contributed by atoms with Crippen molar-refractivity contribution in [2.45, 2.75) is 32.3 Å². The number of carbonyl (C=O) groups is 1. The molecule has 25 heavy (non-hydrogen) atoms. The number of amides is 1. The fourth-order valence-electron chi connectivity index (χ4n) is 3.17. The SMILES string of the molecule is CN=C(NCCc1nc(C)no1)N1CCN(C(=O)C2CCCO2)CC1. The molecule has 0 aliphatic carbocycles. The van der Waals surface area contributed by atoms with Gasteiger partial charge in [-0.2, -0.15) is 4.98 Å². The molecule has 2 aliphatic heterocycles. The maximum absolute atomic E-state index is 12.4. The molecule has 0 bridgehead atoms. The first-order valence-corrected chi connectivity index (χ1v) is 8.82. The van der Waals surface area contributed by atoms with Gasteiger partial charge in [0.05, 0.1) is 0 Å². The van der Waals surface area contributed by atoms with Crippen LogP contribution in [0.2, 0.25) is 0 Å². The van der Waals surface area contributed by atoms with Crippen LogP contribution < -0.4 is 5.32 Å². The smallest absolute Gasteiger partial charge is 0.251 e. The van der Waals surface area contributed by atoms with Crippen LogP contribution in [0.1, 0.15) is 24.6 Å². The highest BCUT2D eigenvalue weighted by Gasteiger charge is 2.30. The van der Waals surface area contributed by atoms with Crippen molar-refractivity contribution in [3.8, 4) is 0 Å². The summed E-state index contributed by atoms with van der Waals surface area (Å²) in [4.78, 5) is 25.0. The van der Waals surface area contributed by atoms with Crippen LogP contribution in [-0.2, 0) is 16.0 Å². The number of aryl methyl sites for hydroxylation is 1. The Hall–Kier alpha value is -2.16. The Balaban J connectivity index is 1.43. The predicted molar refractivity (Wildman–Crippen MR) is 91.2 cm³/mol. The maximum atomic E-state index is 12.4. The van der Waals surface area contributed by atoms with Gasteiger partial charge in [-0.3, -0.25) is 9.79 Å². The molecule has 2 aliphatic rings. The Morgan fingerprint density at radius 2 is 2.08 bits per heavy atom. The number of rotatable bonds is 4. The summed E-state index contributed by atoms with van der Waals surface area (Å²) in [6.45, 7) is 6.09. The number of hydrogen-bond donors (Lipinski definition) is 1. The van der Waals surface area contributed by atoms with Crippen molar-refractivity contribution in [1.82, 2.24) is 25.3 Å². The van der Waals surface area contributed by atoms with Crippen LogP contribution in [0.4, 0.5) is 0 Å². The van der Waals surface area contributed by atoms with Gasteiger partial charge in [-0.15, -0.1) is 0 Å². The Labute approximate surface area is 147 Å². The first-order valence-electron chi connectivity index (χ1n) is 8.82. The summed E-state index contributed by atoms with van der Waals surface area (Å²) in [5.74, 6) is 2.23. The molecular weight excluding hydrogens is 324 g/mol. The molecule has 1 aromatic heterocycles. The van der Waals surface area contributed by atoms with Gasteiger partial charge in [0.25, 0.3) is 5.91 Å². The number of piperazine rings is 1. The number of hydrogen-bond acceptors (Lipinski definition) is 6. The number of ether oxygens (including phenoxy) is 1. The minimum atomic E-state index is -0.234. The van der Waals surface area contributed by atoms with E-state index < -0.39 is 0 Å². The monoisotopic (exact) mass is 350 g/mol. The topological polar surface area (TPSA) is 96.1 Å². The number of aromatic nitrogens is 2. The lowest BCUT2D eigenvalue weighted by atomic mass is 10.2. The van der Waals surface area contributed by atoms with Crippen LogP contribution in [0.3, 0.4) is 0 Å². The Morgan fingerprint density at radius 1 is 1.32 bits per heavy atom. The van der Waals surface area contributed by atoms with E-state index >= 15 is 0 Å². The minimum Gasteiger partial charge on any atom is -0.368 e. The number of carbonyl (C=O) groups excluding carboxylic acids is 1. The lowest BCUT2D eigenvalue weighted by Gasteiger charge is -2.37. The number of nitrogens with zero attached hydrogens (tertiary/aromatic N) is 5. The molecule has 1 aromatic rings. The molecule has 1 N–H and O–H groups in total. The molecule has 1 amide bonds. The molecule has 0 spiro atoms. The van der Waals surface area contributed by atoms with Gasteiger partial charge in [-0.05, 0) is 19.8 Å². The van der Waals surface area contributed by atoms with Gasteiger partial charge in [0, 0.05) is 52.8 Å². The molecule has 0 saturated carbocycles. The third-order valence-corrected chi connectivity index (χ3v) is 4.50. The molecule has 0 aromatic carbocycles. The van der Waals surface area contributed by atoms with Crippen molar-refractivity contribution in [2.75, 3.05) is 46.4 Å². The van der Waals surface area contributed by atoms with E-state index in [2.05, 4.69) is 25.3 Å². The van der Waals surface area contributed by atoms with E-state index in [-0.39, 0.29) is 12.0 Å². The average molecular weight is 350 g/mol. The van der Waals surface area contributed by atoms with E-state index in [0.29, 0.717) is 44.4 Å². The van der Waals surface area contributed by atoms with Crippen molar-refractivity contribution in [3.05, 3.63) is 11.7 Å². The third-order valence-electron chi connectivity index (χ3n) is 4.50. The summed E-state index contributed by atoms with van der Waals surface area (Å²) in [5.41, 5.74) is 0. The molecule has 9 heteroatoms. The zero-order chi connectivity index (χ0) is 17.6. The van der Waals surface area contributed by atoms with Crippen LogP contribution in [0, 0.1) is 6.92 Å². The van der Waals surface area contributed by atoms with Gasteiger partial charge in [-0.1, -0.05) is 5.16 Å². The molecule has 138 valence electrons. The highest BCUT2D eigenvalue weighted by molar-refractivity contribution is 5.82. The van der Waals surface area contributed by atoms with Crippen molar-refractivity contribution in [2.24, 2.45) is 4.99 Å². The number of aliphatic imine (C=N–C) groups is 1. The van der Waals surface area contributed by atoms with Crippen LogP contribution in [0.25, 0.3) is 0 Å². The van der Waals surface area contributed by atoms with Crippen LogP contribution >= 0.6 is 0 Å². The molecule has 3 heterocycles. The highest BCUT2D eigenvalue weighted by Crippen LogP contribution is 2.16. The molecule has 2 saturated heterocycles. The largest absolute Gasteiger partial charge is 0.368 e. The van der Waals surface area contributed by atoms with Gasteiger partial charge >= 0.3 is 0 Å². The highest BCUT2D eigenvalue weighted by atomic mass is 16.5. The summed E-state index contributed by atoms with van der Waals surface area (Å²) in [7, 11) is 1.77. The Bertz CT molecular complexity index is 603. The van der Waals surface area contributed by atoms with Gasteiger partial charge in [0.15, 0.2) is 11.8 Å². The Morgan fingerprint density at radius 3 is 2.68 bits per heavy atom. The van der Waals surface area contributed by atoms with Crippen LogP contribution in [0.15, 0.2) is 9.52 Å². The molecule has 1 unspecified atom stereocenters. The van der Waals surface area contributed by atoms with Crippen molar-refractivity contribution < 1.29 is 14.1 Å². The van der Waals surface area contributed by atoms with Gasteiger partial charge in [-0.25, -0.2) is 0 Å². The first-order chi connectivity index (χ1) is 12.2. The number of guanidine groups is 1. The second-order valence-electron chi connectivity index (χ2n) is 6.27. The number of nitrogens with one attached hydrogen (secondary N) is 1. The van der Waals surface area contributed by atoms with Crippen LogP contribution in [0.5, 0.6) is 0 Å². The zero-order valence-corrected chi connectivity index (χ0v) is 14.9. The van der Waals surface area contributed by atoms with Gasteiger partial charge in [0.2, 0.25) is 5.89 Å². The van der Waals surface area contributed by atoms with Crippen LogP contribution in [-0.4, -0.2) is 84.3 Å². The molecule has 3 rings (SSSR count). The second-order valence-corrected chi connectivity index (χ2v) is 6.27. The lowest BCUT2D eigenvalue weighted by Crippen LogP contribution is -2.55. The summed E-state index contributed by atoms with van der Waals surface area (Å²) in [5, 5.41) is 7.10. The Kier molecular flexibility index (Phi) is 5.85. The van der Waals surface area contributed by atoms with Gasteiger partial charge < -0.3 is 24.4 Å². The molecule has 0 radical (unpaired) electrons. The summed E-state index contributed by atoms with van der Waals surface area (Å²) in [6, 6.07) is 0. The maximum Gasteiger partial charge on any atom is 0.251 e. The first kappa shape index (κ1) is 17.7. The fraction of sp³-hybridized carbons (Fsp3) is 0.750. The van der Waals surface area contributed by atoms with Gasteiger partial charge in [0.1, 0.15) is 6.10 Å². The van der Waals surface area contributed by atoms with E-state index in [1.807, 2.05) is 4.90 Å². The standard InChI is InChI=1S/C16H26N6O3/c1-12-19-14(25-20-12)5-6-18-16(17-2)22-9-7-21(8-10-22)15(23)13-4-3-11-24-13/h13H,3-11H2,1-2H3,(H,17,18).